The van der Waals surface area contributed by atoms with Gasteiger partial charge < -0.3 is 9.64 Å². The maximum atomic E-state index is 13.4. The van der Waals surface area contributed by atoms with Crippen molar-refractivity contribution >= 4 is 44.9 Å². The largest absolute Gasteiger partial charge is 0.452 e. The summed E-state index contributed by atoms with van der Waals surface area (Å²) in [7, 11) is -4.00. The molecule has 0 bridgehead atoms. The Morgan fingerprint density at radius 3 is 2.29 bits per heavy atom. The lowest BCUT2D eigenvalue weighted by atomic mass is 10.2. The molecule has 5 rings (SSSR count). The number of esters is 1. The highest BCUT2D eigenvalue weighted by atomic mass is 35.5. The molecule has 1 amide bonds. The Bertz CT molecular complexity index is 1410. The topological polar surface area (TPSA) is 84.0 Å². The number of anilines is 2. The number of rotatable bonds is 5. The number of amides is 1. The van der Waals surface area contributed by atoms with Crippen LogP contribution < -0.4 is 9.21 Å². The van der Waals surface area contributed by atoms with Crippen molar-refractivity contribution in [3.63, 3.8) is 0 Å². The van der Waals surface area contributed by atoms with Gasteiger partial charge in [0.25, 0.3) is 15.9 Å². The van der Waals surface area contributed by atoms with Crippen LogP contribution >= 0.6 is 11.6 Å². The van der Waals surface area contributed by atoms with E-state index in [0.717, 1.165) is 23.2 Å². The molecular weight excluding hydrogens is 476 g/mol. The molecule has 0 saturated heterocycles. The van der Waals surface area contributed by atoms with Gasteiger partial charge in [-0.15, -0.1) is 0 Å². The van der Waals surface area contributed by atoms with E-state index < -0.39 is 22.6 Å². The Balaban J connectivity index is 1.33. The Morgan fingerprint density at radius 2 is 1.53 bits per heavy atom. The molecule has 174 valence electrons. The standard InChI is InChI=1S/C25H21ClN2O5S/c26-20-10-9-19(15-23(20)34(31,32)28-14-12-18-6-2-4-8-22(18)28)25(30)33-16-24(29)27-13-11-17-5-1-3-7-21(17)27/h1-10,15H,11-14,16H2. The number of hydrogen-bond donors (Lipinski definition) is 0. The van der Waals surface area contributed by atoms with Crippen LogP contribution in [0.2, 0.25) is 5.02 Å². The number of sulfonamides is 1. The van der Waals surface area contributed by atoms with E-state index in [2.05, 4.69) is 0 Å². The van der Waals surface area contributed by atoms with Gasteiger partial charge in [0, 0.05) is 18.8 Å². The monoisotopic (exact) mass is 496 g/mol. The van der Waals surface area contributed by atoms with Crippen molar-refractivity contribution in [3.8, 4) is 0 Å². The SMILES string of the molecule is O=C(OCC(=O)N1CCc2ccccc21)c1ccc(Cl)c(S(=O)(=O)N2CCc3ccccc32)c1. The zero-order valence-corrected chi connectivity index (χ0v) is 19.7. The number of fused-ring (bicyclic) bond motifs is 2. The highest BCUT2D eigenvalue weighted by Gasteiger charge is 2.33. The molecule has 0 saturated carbocycles. The number of carbonyl (C=O) groups excluding carboxylic acids is 2. The van der Waals surface area contributed by atoms with Gasteiger partial charge in [0.05, 0.1) is 16.3 Å². The molecular formula is C25H21ClN2O5S. The molecule has 0 aromatic heterocycles. The molecule has 0 N–H and O–H groups in total. The van der Waals surface area contributed by atoms with Gasteiger partial charge in [0.15, 0.2) is 6.61 Å². The number of benzene rings is 3. The molecule has 2 aliphatic rings. The molecule has 0 spiro atoms. The molecule has 34 heavy (non-hydrogen) atoms. The van der Waals surface area contributed by atoms with Crippen LogP contribution in [0.1, 0.15) is 21.5 Å². The normalized spacial score (nSPS) is 14.6. The smallest absolute Gasteiger partial charge is 0.338 e. The molecule has 7 nitrogen and oxygen atoms in total. The summed E-state index contributed by atoms with van der Waals surface area (Å²) in [5.41, 5.74) is 3.42. The summed E-state index contributed by atoms with van der Waals surface area (Å²) in [6, 6.07) is 18.8. The fourth-order valence-electron chi connectivity index (χ4n) is 4.39. The van der Waals surface area contributed by atoms with Crippen molar-refractivity contribution in [2.45, 2.75) is 17.7 Å². The lowest BCUT2D eigenvalue weighted by Gasteiger charge is -2.20. The predicted octanol–water partition coefficient (Wildman–Crippen LogP) is 3.84. The summed E-state index contributed by atoms with van der Waals surface area (Å²) < 4.78 is 33.3. The van der Waals surface area contributed by atoms with E-state index in [0.29, 0.717) is 25.2 Å². The van der Waals surface area contributed by atoms with Crippen LogP contribution in [0.4, 0.5) is 11.4 Å². The number of nitrogens with zero attached hydrogens (tertiary/aromatic N) is 2. The van der Waals surface area contributed by atoms with Crippen LogP contribution in [-0.4, -0.2) is 40.0 Å². The van der Waals surface area contributed by atoms with Crippen molar-refractivity contribution in [1.82, 2.24) is 0 Å². The van der Waals surface area contributed by atoms with E-state index in [1.165, 1.54) is 22.5 Å². The quantitative estimate of drug-likeness (QED) is 0.501. The van der Waals surface area contributed by atoms with Crippen molar-refractivity contribution in [2.24, 2.45) is 0 Å². The van der Waals surface area contributed by atoms with Crippen LogP contribution in [0.25, 0.3) is 0 Å². The van der Waals surface area contributed by atoms with Gasteiger partial charge in [-0.3, -0.25) is 9.10 Å². The van der Waals surface area contributed by atoms with Crippen molar-refractivity contribution in [2.75, 3.05) is 28.9 Å². The van der Waals surface area contributed by atoms with Crippen LogP contribution in [0.3, 0.4) is 0 Å². The van der Waals surface area contributed by atoms with Gasteiger partial charge in [0.2, 0.25) is 0 Å². The molecule has 3 aromatic rings. The minimum Gasteiger partial charge on any atom is -0.452 e. The molecule has 0 fully saturated rings. The van der Waals surface area contributed by atoms with E-state index in [9.17, 15) is 18.0 Å². The fraction of sp³-hybridized carbons (Fsp3) is 0.200. The van der Waals surface area contributed by atoms with Gasteiger partial charge in [-0.05, 0) is 54.3 Å². The Hall–Kier alpha value is -3.36. The molecule has 0 radical (unpaired) electrons. The van der Waals surface area contributed by atoms with Crippen LogP contribution in [0.15, 0.2) is 71.6 Å². The summed E-state index contributed by atoms with van der Waals surface area (Å²) in [5.74, 6) is -1.13. The molecule has 0 atom stereocenters. The van der Waals surface area contributed by atoms with Crippen molar-refractivity contribution < 1.29 is 22.7 Å². The first-order chi connectivity index (χ1) is 16.4. The first-order valence-corrected chi connectivity index (χ1v) is 12.6. The average Bonchev–Trinajstić information content (AvgIpc) is 3.47. The summed E-state index contributed by atoms with van der Waals surface area (Å²) >= 11 is 6.23. The number of hydrogen-bond acceptors (Lipinski definition) is 5. The van der Waals surface area contributed by atoms with Gasteiger partial charge >= 0.3 is 5.97 Å². The van der Waals surface area contributed by atoms with E-state index in [-0.39, 0.29) is 21.4 Å². The third-order valence-corrected chi connectivity index (χ3v) is 8.39. The predicted molar refractivity (Wildman–Crippen MR) is 129 cm³/mol. The maximum absolute atomic E-state index is 13.4. The minimum absolute atomic E-state index is 0.00470. The second-order valence-electron chi connectivity index (χ2n) is 8.10. The van der Waals surface area contributed by atoms with Gasteiger partial charge in [0.1, 0.15) is 4.90 Å². The summed E-state index contributed by atoms with van der Waals surface area (Å²) in [4.78, 5) is 26.7. The molecule has 2 aliphatic heterocycles. The number of para-hydroxylation sites is 2. The minimum atomic E-state index is -4.00. The van der Waals surface area contributed by atoms with Gasteiger partial charge in [-0.2, -0.15) is 0 Å². The fourth-order valence-corrected chi connectivity index (χ4v) is 6.40. The Morgan fingerprint density at radius 1 is 0.882 bits per heavy atom. The van der Waals surface area contributed by atoms with Crippen LogP contribution in [0, 0.1) is 0 Å². The number of ether oxygens (including phenoxy) is 1. The van der Waals surface area contributed by atoms with E-state index in [1.54, 1.807) is 17.0 Å². The summed E-state index contributed by atoms with van der Waals surface area (Å²) in [6.45, 7) is 0.367. The highest BCUT2D eigenvalue weighted by Crippen LogP contribution is 2.35. The summed E-state index contributed by atoms with van der Waals surface area (Å²) in [5, 5.41) is 0.00526. The van der Waals surface area contributed by atoms with E-state index in [4.69, 9.17) is 16.3 Å². The number of halogens is 1. The first-order valence-electron chi connectivity index (χ1n) is 10.8. The zero-order valence-electron chi connectivity index (χ0n) is 18.1. The molecule has 0 aliphatic carbocycles. The average molecular weight is 497 g/mol. The highest BCUT2D eigenvalue weighted by molar-refractivity contribution is 7.93. The van der Waals surface area contributed by atoms with Gasteiger partial charge in [-0.1, -0.05) is 48.0 Å². The summed E-state index contributed by atoms with van der Waals surface area (Å²) in [6.07, 6.45) is 1.34. The third kappa shape index (κ3) is 3.93. The second-order valence-corrected chi connectivity index (χ2v) is 10.3. The van der Waals surface area contributed by atoms with Crippen LogP contribution in [0.5, 0.6) is 0 Å². The van der Waals surface area contributed by atoms with Gasteiger partial charge in [-0.25, -0.2) is 13.2 Å². The Labute approximate surface area is 202 Å². The lowest BCUT2D eigenvalue weighted by Crippen LogP contribution is -2.33. The molecule has 9 heteroatoms. The molecule has 0 unspecified atom stereocenters. The van der Waals surface area contributed by atoms with E-state index in [1.807, 2.05) is 36.4 Å². The van der Waals surface area contributed by atoms with Crippen LogP contribution in [-0.2, 0) is 32.4 Å². The molecule has 2 heterocycles. The van der Waals surface area contributed by atoms with Crippen molar-refractivity contribution in [1.29, 1.82) is 0 Å². The second kappa shape index (κ2) is 8.77. The molecule has 3 aromatic carbocycles. The number of carbonyl (C=O) groups is 2. The van der Waals surface area contributed by atoms with E-state index >= 15 is 0 Å². The Kier molecular flexibility index (Phi) is 5.79. The lowest BCUT2D eigenvalue weighted by molar-refractivity contribution is -0.121. The third-order valence-electron chi connectivity index (χ3n) is 6.09. The van der Waals surface area contributed by atoms with Crippen molar-refractivity contribution in [3.05, 3.63) is 88.4 Å². The zero-order chi connectivity index (χ0) is 23.9. The first kappa shape index (κ1) is 22.4. The maximum Gasteiger partial charge on any atom is 0.338 e.